The summed E-state index contributed by atoms with van der Waals surface area (Å²) in [6, 6.07) is 8.09. The third kappa shape index (κ3) is 3.79. The highest BCUT2D eigenvalue weighted by Gasteiger charge is 2.58. The van der Waals surface area contributed by atoms with Gasteiger partial charge in [-0.05, 0) is 92.4 Å². The van der Waals surface area contributed by atoms with Crippen LogP contribution in [0.3, 0.4) is 0 Å². The van der Waals surface area contributed by atoms with Crippen LogP contribution in [0.5, 0.6) is 0 Å². The molecule has 0 saturated heterocycles. The minimum Gasteiger partial charge on any atom is -0.360 e. The predicted molar refractivity (Wildman–Crippen MR) is 124 cm³/mol. The van der Waals surface area contributed by atoms with Crippen molar-refractivity contribution < 1.29 is 14.1 Å². The molecule has 2 fully saturated rings. The Balaban J connectivity index is 1.27. The Morgan fingerprint density at radius 2 is 2.16 bits per heavy atom. The molecule has 1 amide bonds. The molecule has 32 heavy (non-hydrogen) atoms. The fourth-order valence-corrected chi connectivity index (χ4v) is 7.23. The molecule has 5 rings (SSSR count). The fraction of sp³-hybridized carbons (Fsp3) is 0.577. The van der Waals surface area contributed by atoms with Gasteiger partial charge < -0.3 is 9.84 Å². The fourth-order valence-electron chi connectivity index (χ4n) is 7.03. The van der Waals surface area contributed by atoms with Crippen LogP contribution in [0.2, 0.25) is 5.02 Å². The van der Waals surface area contributed by atoms with Crippen molar-refractivity contribution in [3.8, 4) is 0 Å². The first-order valence-electron chi connectivity index (χ1n) is 11.9. The van der Waals surface area contributed by atoms with Crippen LogP contribution in [0.25, 0.3) is 0 Å². The summed E-state index contributed by atoms with van der Waals surface area (Å²) in [5, 5.41) is 7.44. The van der Waals surface area contributed by atoms with E-state index in [1.807, 2.05) is 6.07 Å². The highest BCUT2D eigenvalue weighted by atomic mass is 35.5. The Morgan fingerprint density at radius 1 is 1.31 bits per heavy atom. The highest BCUT2D eigenvalue weighted by Crippen LogP contribution is 2.62. The van der Waals surface area contributed by atoms with Crippen molar-refractivity contribution in [2.75, 3.05) is 5.32 Å². The zero-order valence-corrected chi connectivity index (χ0v) is 19.6. The second-order valence-corrected chi connectivity index (χ2v) is 10.7. The number of nitrogens with one attached hydrogen (secondary N) is 1. The number of ketones is 1. The maximum atomic E-state index is 13.1. The quantitative estimate of drug-likeness (QED) is 0.592. The van der Waals surface area contributed by atoms with Crippen LogP contribution in [0.4, 0.5) is 5.82 Å². The number of fused-ring (bicyclic) bond motifs is 5. The lowest BCUT2D eigenvalue weighted by molar-refractivity contribution is -0.129. The summed E-state index contributed by atoms with van der Waals surface area (Å²) in [6.07, 6.45) is 7.06. The summed E-state index contributed by atoms with van der Waals surface area (Å²) >= 11 is 6.25. The van der Waals surface area contributed by atoms with Gasteiger partial charge in [0.25, 0.3) is 0 Å². The first-order valence-corrected chi connectivity index (χ1v) is 12.3. The van der Waals surface area contributed by atoms with E-state index in [-0.39, 0.29) is 11.3 Å². The number of benzene rings is 1. The molecule has 1 aromatic carbocycles. The molecule has 0 aliphatic heterocycles. The molecular weight excluding hydrogens is 424 g/mol. The van der Waals surface area contributed by atoms with Crippen LogP contribution >= 0.6 is 11.6 Å². The number of carbonyl (C=O) groups is 2. The molecule has 3 unspecified atom stereocenters. The number of hydrogen-bond donors (Lipinski definition) is 1. The van der Waals surface area contributed by atoms with Gasteiger partial charge in [0.2, 0.25) is 5.91 Å². The molecule has 0 spiro atoms. The molecule has 0 bridgehead atoms. The van der Waals surface area contributed by atoms with Gasteiger partial charge >= 0.3 is 0 Å². The van der Waals surface area contributed by atoms with Crippen LogP contribution in [0, 0.1) is 30.1 Å². The smallest absolute Gasteiger partial charge is 0.225 e. The first-order chi connectivity index (χ1) is 15.3. The van der Waals surface area contributed by atoms with Crippen molar-refractivity contribution in [1.82, 2.24) is 5.16 Å². The number of amides is 1. The minimum absolute atomic E-state index is 0.0459. The standard InChI is InChI=1S/C26H31ClN2O3/c1-15-12-23(29-32-15)28-24(31)5-3-4-17-14-22(30)26(2)11-10-20-19-9-7-18(27)13-16(19)6-8-21(20)25(17)26/h7,9,12-13,17,20-21,25H,3-6,8,10-11,14H2,1-2H3,(H,28,29,31)/t17-,20?,21?,25?,26-/m1/s1. The number of carbonyl (C=O) groups excluding carboxylic acids is 2. The molecule has 2 saturated carbocycles. The van der Waals surface area contributed by atoms with E-state index in [1.165, 1.54) is 11.1 Å². The van der Waals surface area contributed by atoms with Gasteiger partial charge in [-0.25, -0.2) is 0 Å². The topological polar surface area (TPSA) is 72.2 Å². The second kappa shape index (κ2) is 8.33. The van der Waals surface area contributed by atoms with E-state index < -0.39 is 0 Å². The number of aryl methyl sites for hydroxylation is 2. The molecule has 1 N–H and O–H groups in total. The summed E-state index contributed by atoms with van der Waals surface area (Å²) in [4.78, 5) is 25.5. The monoisotopic (exact) mass is 454 g/mol. The summed E-state index contributed by atoms with van der Waals surface area (Å²) in [5.74, 6) is 3.40. The highest BCUT2D eigenvalue weighted by molar-refractivity contribution is 6.30. The Bertz CT molecular complexity index is 1050. The predicted octanol–water partition coefficient (Wildman–Crippen LogP) is 6.10. The van der Waals surface area contributed by atoms with E-state index in [2.05, 4.69) is 29.5 Å². The van der Waals surface area contributed by atoms with Gasteiger partial charge in [0.15, 0.2) is 5.82 Å². The molecule has 0 radical (unpaired) electrons. The van der Waals surface area contributed by atoms with Crippen molar-refractivity contribution in [1.29, 1.82) is 0 Å². The van der Waals surface area contributed by atoms with Gasteiger partial charge in [-0.1, -0.05) is 29.7 Å². The van der Waals surface area contributed by atoms with Crippen molar-refractivity contribution in [3.63, 3.8) is 0 Å². The average molecular weight is 455 g/mol. The van der Waals surface area contributed by atoms with Gasteiger partial charge in [-0.3, -0.25) is 9.59 Å². The molecule has 1 aromatic heterocycles. The van der Waals surface area contributed by atoms with Gasteiger partial charge in [0, 0.05) is 29.3 Å². The van der Waals surface area contributed by atoms with Crippen molar-refractivity contribution >= 4 is 29.1 Å². The van der Waals surface area contributed by atoms with E-state index in [0.29, 0.717) is 53.9 Å². The lowest BCUT2D eigenvalue weighted by atomic mass is 9.54. The normalized spacial score (nSPS) is 31.0. The second-order valence-electron chi connectivity index (χ2n) is 10.3. The Hall–Kier alpha value is -2.14. The van der Waals surface area contributed by atoms with Crippen LogP contribution in [-0.4, -0.2) is 16.8 Å². The Labute approximate surface area is 194 Å². The first kappa shape index (κ1) is 21.7. The average Bonchev–Trinajstić information content (AvgIpc) is 3.27. The summed E-state index contributed by atoms with van der Waals surface area (Å²) in [6.45, 7) is 4.01. The number of anilines is 1. The molecule has 1 heterocycles. The third-order valence-electron chi connectivity index (χ3n) is 8.41. The van der Waals surface area contributed by atoms with E-state index in [9.17, 15) is 9.59 Å². The van der Waals surface area contributed by atoms with Crippen LogP contribution in [0.15, 0.2) is 28.8 Å². The maximum absolute atomic E-state index is 13.1. The number of Topliss-reactive ketones (excluding diaryl/α,β-unsaturated/α-hetero) is 1. The van der Waals surface area contributed by atoms with Crippen molar-refractivity contribution in [3.05, 3.63) is 46.2 Å². The molecule has 170 valence electrons. The van der Waals surface area contributed by atoms with E-state index in [0.717, 1.165) is 43.5 Å². The largest absolute Gasteiger partial charge is 0.360 e. The van der Waals surface area contributed by atoms with Crippen LogP contribution in [-0.2, 0) is 16.0 Å². The summed E-state index contributed by atoms with van der Waals surface area (Å²) < 4.78 is 5.01. The van der Waals surface area contributed by atoms with Crippen LogP contribution < -0.4 is 5.32 Å². The van der Waals surface area contributed by atoms with E-state index in [4.69, 9.17) is 16.1 Å². The lowest BCUT2D eigenvalue weighted by Crippen LogP contribution is -2.44. The molecule has 3 aliphatic carbocycles. The van der Waals surface area contributed by atoms with Crippen molar-refractivity contribution in [2.24, 2.45) is 23.2 Å². The lowest BCUT2D eigenvalue weighted by Gasteiger charge is -2.50. The molecule has 3 aliphatic rings. The van der Waals surface area contributed by atoms with E-state index >= 15 is 0 Å². The molecule has 5 nitrogen and oxygen atoms in total. The van der Waals surface area contributed by atoms with Gasteiger partial charge in [-0.2, -0.15) is 0 Å². The maximum Gasteiger partial charge on any atom is 0.225 e. The van der Waals surface area contributed by atoms with Gasteiger partial charge in [0.05, 0.1) is 0 Å². The zero-order chi connectivity index (χ0) is 22.5. The number of rotatable bonds is 5. The minimum atomic E-state index is -0.198. The Kier molecular flexibility index (Phi) is 5.65. The Morgan fingerprint density at radius 3 is 2.94 bits per heavy atom. The molecular formula is C26H31ClN2O3. The third-order valence-corrected chi connectivity index (χ3v) is 8.64. The number of aromatic nitrogens is 1. The SMILES string of the molecule is Cc1cc(NC(=O)CCC[C@@H]2CC(=O)[C@@]3(C)CCC4c5ccc(Cl)cc5CCC4C23)no1. The number of nitrogens with zero attached hydrogens (tertiary/aromatic N) is 1. The van der Waals surface area contributed by atoms with Gasteiger partial charge in [0.1, 0.15) is 11.5 Å². The molecule has 5 atom stereocenters. The summed E-state index contributed by atoms with van der Waals surface area (Å²) in [7, 11) is 0. The van der Waals surface area contributed by atoms with Gasteiger partial charge in [-0.15, -0.1) is 0 Å². The molecule has 6 heteroatoms. The summed E-state index contributed by atoms with van der Waals surface area (Å²) in [5.41, 5.74) is 2.65. The zero-order valence-electron chi connectivity index (χ0n) is 18.8. The molecule has 2 aromatic rings. The van der Waals surface area contributed by atoms with E-state index in [1.54, 1.807) is 13.0 Å². The van der Waals surface area contributed by atoms with Crippen LogP contribution in [0.1, 0.15) is 74.7 Å². The number of hydrogen-bond acceptors (Lipinski definition) is 4. The number of halogens is 1. The van der Waals surface area contributed by atoms with Crippen molar-refractivity contribution in [2.45, 2.75) is 71.1 Å².